The molecule has 1 amide bonds. The topological polar surface area (TPSA) is 63.2 Å². The number of anilines is 1. The standard InChI is InChI=1S/C16H12ClNO3S/c17-12-5-7-13(8-6-12)18-16(19)15-14-4-2-1-3-11(14)9-10-22(15,20)21/h1-10,15H,(H,18,19). The molecule has 2 aromatic rings. The number of sulfone groups is 1. The van der Waals surface area contributed by atoms with Gasteiger partial charge >= 0.3 is 0 Å². The van der Waals surface area contributed by atoms with Crippen LogP contribution in [-0.4, -0.2) is 14.3 Å². The average molecular weight is 334 g/mol. The van der Waals surface area contributed by atoms with Crippen molar-refractivity contribution in [2.75, 3.05) is 5.32 Å². The second-order valence-corrected chi connectivity index (χ2v) is 7.25. The van der Waals surface area contributed by atoms with Crippen molar-refractivity contribution in [2.45, 2.75) is 5.25 Å². The molecule has 1 atom stereocenters. The van der Waals surface area contributed by atoms with E-state index in [0.29, 0.717) is 16.3 Å². The first-order chi connectivity index (χ1) is 10.5. The predicted molar refractivity (Wildman–Crippen MR) is 87.2 cm³/mol. The smallest absolute Gasteiger partial charge is 0.247 e. The van der Waals surface area contributed by atoms with E-state index < -0.39 is 21.0 Å². The van der Waals surface area contributed by atoms with Gasteiger partial charge in [-0.05, 0) is 41.5 Å². The molecule has 22 heavy (non-hydrogen) atoms. The Balaban J connectivity index is 1.96. The number of benzene rings is 2. The Morgan fingerprint density at radius 3 is 2.45 bits per heavy atom. The first-order valence-corrected chi connectivity index (χ1v) is 8.53. The van der Waals surface area contributed by atoms with Gasteiger partial charge in [0.25, 0.3) is 0 Å². The molecule has 0 radical (unpaired) electrons. The lowest BCUT2D eigenvalue weighted by atomic mass is 10.0. The molecule has 1 heterocycles. The van der Waals surface area contributed by atoms with Crippen LogP contribution in [0.3, 0.4) is 0 Å². The van der Waals surface area contributed by atoms with E-state index in [2.05, 4.69) is 5.32 Å². The zero-order valence-electron chi connectivity index (χ0n) is 11.4. The normalized spacial score (nSPS) is 18.5. The maximum atomic E-state index is 12.5. The number of carbonyl (C=O) groups is 1. The summed E-state index contributed by atoms with van der Waals surface area (Å²) in [5.41, 5.74) is 1.71. The molecule has 0 spiro atoms. The lowest BCUT2D eigenvalue weighted by Gasteiger charge is -2.21. The van der Waals surface area contributed by atoms with Gasteiger partial charge in [0.05, 0.1) is 0 Å². The van der Waals surface area contributed by atoms with Crippen molar-refractivity contribution in [3.63, 3.8) is 0 Å². The van der Waals surface area contributed by atoms with Crippen LogP contribution in [0.1, 0.15) is 16.4 Å². The van der Waals surface area contributed by atoms with Gasteiger partial charge in [-0.2, -0.15) is 0 Å². The van der Waals surface area contributed by atoms with Gasteiger partial charge in [-0.15, -0.1) is 0 Å². The molecule has 1 aliphatic rings. The molecule has 1 aliphatic heterocycles. The minimum atomic E-state index is -3.68. The van der Waals surface area contributed by atoms with Crippen molar-refractivity contribution in [3.8, 4) is 0 Å². The largest absolute Gasteiger partial charge is 0.325 e. The van der Waals surface area contributed by atoms with Crippen LogP contribution < -0.4 is 5.32 Å². The molecule has 0 saturated heterocycles. The Hall–Kier alpha value is -2.11. The molecule has 0 aliphatic carbocycles. The van der Waals surface area contributed by atoms with Crippen molar-refractivity contribution < 1.29 is 13.2 Å². The highest BCUT2D eigenvalue weighted by Gasteiger charge is 2.36. The molecular formula is C16H12ClNO3S. The molecule has 4 nitrogen and oxygen atoms in total. The number of halogens is 1. The van der Waals surface area contributed by atoms with E-state index in [0.717, 1.165) is 11.0 Å². The minimum absolute atomic E-state index is 0.483. The molecule has 0 fully saturated rings. The van der Waals surface area contributed by atoms with Crippen LogP contribution in [0, 0.1) is 0 Å². The molecule has 0 bridgehead atoms. The van der Waals surface area contributed by atoms with Crippen LogP contribution in [-0.2, 0) is 14.6 Å². The van der Waals surface area contributed by atoms with Crippen LogP contribution in [0.15, 0.2) is 53.9 Å². The van der Waals surface area contributed by atoms with Gasteiger partial charge in [-0.3, -0.25) is 4.79 Å². The van der Waals surface area contributed by atoms with Crippen LogP contribution in [0.2, 0.25) is 5.02 Å². The maximum absolute atomic E-state index is 12.5. The van der Waals surface area contributed by atoms with Crippen LogP contribution in [0.25, 0.3) is 6.08 Å². The first kappa shape index (κ1) is 14.8. The molecule has 3 rings (SSSR count). The van der Waals surface area contributed by atoms with Gasteiger partial charge in [0.2, 0.25) is 5.91 Å². The fourth-order valence-electron chi connectivity index (χ4n) is 2.36. The van der Waals surface area contributed by atoms with Gasteiger partial charge in [-0.25, -0.2) is 8.42 Å². The molecule has 1 unspecified atom stereocenters. The second kappa shape index (κ2) is 5.59. The fourth-order valence-corrected chi connectivity index (χ4v) is 3.90. The van der Waals surface area contributed by atoms with E-state index in [-0.39, 0.29) is 0 Å². The lowest BCUT2D eigenvalue weighted by Crippen LogP contribution is -2.28. The van der Waals surface area contributed by atoms with E-state index in [4.69, 9.17) is 11.6 Å². The Morgan fingerprint density at radius 1 is 1.05 bits per heavy atom. The van der Waals surface area contributed by atoms with Gasteiger partial charge in [0.1, 0.15) is 0 Å². The zero-order chi connectivity index (χ0) is 15.7. The minimum Gasteiger partial charge on any atom is -0.325 e. The van der Waals surface area contributed by atoms with Crippen molar-refractivity contribution >= 4 is 39.1 Å². The summed E-state index contributed by atoms with van der Waals surface area (Å²) in [6.07, 6.45) is 1.51. The van der Waals surface area contributed by atoms with Gasteiger partial charge in [-0.1, -0.05) is 35.9 Å². The van der Waals surface area contributed by atoms with E-state index >= 15 is 0 Å². The fraction of sp³-hybridized carbons (Fsp3) is 0.0625. The van der Waals surface area contributed by atoms with Gasteiger partial charge < -0.3 is 5.32 Å². The van der Waals surface area contributed by atoms with Crippen LogP contribution >= 0.6 is 11.6 Å². The summed E-state index contributed by atoms with van der Waals surface area (Å²) < 4.78 is 24.5. The highest BCUT2D eigenvalue weighted by Crippen LogP contribution is 2.33. The molecule has 112 valence electrons. The molecular weight excluding hydrogens is 322 g/mol. The summed E-state index contributed by atoms with van der Waals surface area (Å²) in [5.74, 6) is -0.584. The van der Waals surface area contributed by atoms with Crippen LogP contribution in [0.5, 0.6) is 0 Å². The van der Waals surface area contributed by atoms with Gasteiger partial charge in [0, 0.05) is 16.1 Å². The SMILES string of the molecule is O=C(Nc1ccc(Cl)cc1)C1c2ccccc2C=CS1(=O)=O. The molecule has 0 aromatic heterocycles. The summed E-state index contributed by atoms with van der Waals surface area (Å²) >= 11 is 5.79. The van der Waals surface area contributed by atoms with E-state index in [9.17, 15) is 13.2 Å². The molecule has 0 saturated carbocycles. The number of rotatable bonds is 2. The quantitative estimate of drug-likeness (QED) is 0.916. The van der Waals surface area contributed by atoms with Crippen molar-refractivity contribution in [1.29, 1.82) is 0 Å². The zero-order valence-corrected chi connectivity index (χ0v) is 12.9. The highest BCUT2D eigenvalue weighted by atomic mass is 35.5. The Morgan fingerprint density at radius 2 is 1.73 bits per heavy atom. The monoisotopic (exact) mass is 333 g/mol. The summed E-state index contributed by atoms with van der Waals surface area (Å²) in [6.45, 7) is 0. The maximum Gasteiger partial charge on any atom is 0.247 e. The summed E-state index contributed by atoms with van der Waals surface area (Å²) in [7, 11) is -3.68. The number of hydrogen-bond donors (Lipinski definition) is 1. The first-order valence-electron chi connectivity index (χ1n) is 6.55. The molecule has 6 heteroatoms. The third-order valence-corrected chi connectivity index (χ3v) is 5.29. The van der Waals surface area contributed by atoms with Crippen LogP contribution in [0.4, 0.5) is 5.69 Å². The van der Waals surface area contributed by atoms with E-state index in [1.54, 1.807) is 48.5 Å². The van der Waals surface area contributed by atoms with Crippen molar-refractivity contribution in [3.05, 3.63) is 70.1 Å². The number of carbonyl (C=O) groups excluding carboxylic acids is 1. The predicted octanol–water partition coefficient (Wildman–Crippen LogP) is 3.42. The third-order valence-electron chi connectivity index (χ3n) is 3.39. The number of hydrogen-bond acceptors (Lipinski definition) is 3. The summed E-state index contributed by atoms with van der Waals surface area (Å²) in [6, 6.07) is 13.5. The van der Waals surface area contributed by atoms with Crippen molar-refractivity contribution in [2.24, 2.45) is 0 Å². The summed E-state index contributed by atoms with van der Waals surface area (Å²) in [5, 5.41) is 3.00. The number of fused-ring (bicyclic) bond motifs is 1. The molecule has 2 aromatic carbocycles. The van der Waals surface area contributed by atoms with E-state index in [1.165, 1.54) is 6.08 Å². The second-order valence-electron chi connectivity index (χ2n) is 4.90. The lowest BCUT2D eigenvalue weighted by molar-refractivity contribution is -0.115. The average Bonchev–Trinajstić information content (AvgIpc) is 2.48. The Kier molecular flexibility index (Phi) is 3.76. The third kappa shape index (κ3) is 2.77. The number of amides is 1. The highest BCUT2D eigenvalue weighted by molar-refractivity contribution is 7.95. The Bertz CT molecular complexity index is 857. The van der Waals surface area contributed by atoms with E-state index in [1.807, 2.05) is 0 Å². The molecule has 1 N–H and O–H groups in total. The Labute approximate surface area is 133 Å². The summed E-state index contributed by atoms with van der Waals surface area (Å²) in [4.78, 5) is 12.5. The van der Waals surface area contributed by atoms with Crippen molar-refractivity contribution in [1.82, 2.24) is 0 Å². The van der Waals surface area contributed by atoms with Gasteiger partial charge in [0.15, 0.2) is 15.1 Å². The number of nitrogens with one attached hydrogen (secondary N) is 1.